The zero-order valence-electron chi connectivity index (χ0n) is 12.3. The van der Waals surface area contributed by atoms with Crippen LogP contribution in [0.25, 0.3) is 0 Å². The number of ether oxygens (including phenoxy) is 1. The van der Waals surface area contributed by atoms with Gasteiger partial charge >= 0.3 is 0 Å². The summed E-state index contributed by atoms with van der Waals surface area (Å²) >= 11 is 0. The Morgan fingerprint density at radius 2 is 2.05 bits per heavy atom. The van der Waals surface area contributed by atoms with Crippen molar-refractivity contribution in [3.8, 4) is 0 Å². The highest BCUT2D eigenvalue weighted by atomic mass is 16.5. The topological polar surface area (TPSA) is 63.4 Å². The van der Waals surface area contributed by atoms with Gasteiger partial charge in [-0.25, -0.2) is 0 Å². The van der Waals surface area contributed by atoms with Crippen LogP contribution in [0.3, 0.4) is 0 Å². The van der Waals surface area contributed by atoms with Crippen LogP contribution in [-0.4, -0.2) is 46.8 Å². The third-order valence-corrected chi connectivity index (χ3v) is 3.19. The quantitative estimate of drug-likeness (QED) is 0.889. The molecule has 1 N–H and O–H groups in total. The number of rotatable bonds is 4. The van der Waals surface area contributed by atoms with Crippen molar-refractivity contribution in [2.45, 2.75) is 45.9 Å². The maximum Gasteiger partial charge on any atom is 0.252 e. The molecule has 1 unspecified atom stereocenters. The van der Waals surface area contributed by atoms with Crippen LogP contribution in [0.15, 0.2) is 4.52 Å². The minimum absolute atomic E-state index is 0.189. The fraction of sp³-hybridized carbons (Fsp3) is 0.846. The Kier molecular flexibility index (Phi) is 4.54. The molecule has 0 spiro atoms. The molecule has 6 nitrogen and oxygen atoms in total. The van der Waals surface area contributed by atoms with E-state index < -0.39 is 0 Å². The standard InChI is InChI=1S/C13H24N4O2/c1-10(17-7-5-14-6-8-17)12-15-11(19-16-12)9-18-13(2,3)4/h10,14H,5-9H2,1-4H3. The normalized spacial score (nSPS) is 19.6. The van der Waals surface area contributed by atoms with E-state index in [4.69, 9.17) is 9.26 Å². The molecule has 0 aromatic carbocycles. The molecule has 0 saturated carbocycles. The van der Waals surface area contributed by atoms with Crippen LogP contribution >= 0.6 is 0 Å². The zero-order valence-corrected chi connectivity index (χ0v) is 12.3. The maximum absolute atomic E-state index is 5.63. The number of hydrogen-bond acceptors (Lipinski definition) is 6. The Balaban J connectivity index is 1.92. The summed E-state index contributed by atoms with van der Waals surface area (Å²) in [6.45, 7) is 12.6. The first kappa shape index (κ1) is 14.4. The molecule has 2 heterocycles. The summed E-state index contributed by atoms with van der Waals surface area (Å²) in [4.78, 5) is 6.78. The molecule has 6 heteroatoms. The van der Waals surface area contributed by atoms with E-state index in [2.05, 4.69) is 27.3 Å². The van der Waals surface area contributed by atoms with E-state index in [0.29, 0.717) is 12.5 Å². The Labute approximate surface area is 114 Å². The van der Waals surface area contributed by atoms with Crippen LogP contribution in [0, 0.1) is 0 Å². The molecule has 2 rings (SSSR count). The summed E-state index contributed by atoms with van der Waals surface area (Å²) < 4.78 is 10.9. The third kappa shape index (κ3) is 4.26. The zero-order chi connectivity index (χ0) is 13.9. The van der Waals surface area contributed by atoms with Crippen molar-refractivity contribution < 1.29 is 9.26 Å². The van der Waals surface area contributed by atoms with Gasteiger partial charge in [-0.15, -0.1) is 0 Å². The first-order chi connectivity index (χ1) is 8.96. The van der Waals surface area contributed by atoms with Gasteiger partial charge in [-0.2, -0.15) is 4.98 Å². The van der Waals surface area contributed by atoms with Gasteiger partial charge in [-0.05, 0) is 27.7 Å². The van der Waals surface area contributed by atoms with Gasteiger partial charge < -0.3 is 14.6 Å². The van der Waals surface area contributed by atoms with Crippen molar-refractivity contribution in [1.82, 2.24) is 20.4 Å². The van der Waals surface area contributed by atoms with Gasteiger partial charge in [-0.3, -0.25) is 4.90 Å². The predicted molar refractivity (Wildman–Crippen MR) is 71.7 cm³/mol. The van der Waals surface area contributed by atoms with Gasteiger partial charge in [0.1, 0.15) is 6.61 Å². The highest BCUT2D eigenvalue weighted by molar-refractivity contribution is 4.94. The van der Waals surface area contributed by atoms with Gasteiger partial charge in [0.2, 0.25) is 0 Å². The van der Waals surface area contributed by atoms with Crippen LogP contribution in [0.5, 0.6) is 0 Å². The highest BCUT2D eigenvalue weighted by Gasteiger charge is 2.22. The first-order valence-electron chi connectivity index (χ1n) is 6.87. The molecule has 1 saturated heterocycles. The predicted octanol–water partition coefficient (Wildman–Crippen LogP) is 1.35. The summed E-state index contributed by atoms with van der Waals surface area (Å²) in [5.74, 6) is 1.29. The second kappa shape index (κ2) is 5.98. The third-order valence-electron chi connectivity index (χ3n) is 3.19. The van der Waals surface area contributed by atoms with Crippen LogP contribution in [0.2, 0.25) is 0 Å². The first-order valence-corrected chi connectivity index (χ1v) is 6.87. The van der Waals surface area contributed by atoms with E-state index >= 15 is 0 Å². The molecule has 1 fully saturated rings. The summed E-state index contributed by atoms with van der Waals surface area (Å²) in [7, 11) is 0. The molecule has 0 amide bonds. The molecule has 1 aromatic heterocycles. The van der Waals surface area contributed by atoms with Gasteiger partial charge in [0.05, 0.1) is 11.6 Å². The van der Waals surface area contributed by atoms with Crippen molar-refractivity contribution in [2.24, 2.45) is 0 Å². The van der Waals surface area contributed by atoms with E-state index in [1.807, 2.05) is 20.8 Å². The van der Waals surface area contributed by atoms with Gasteiger partial charge in [0.15, 0.2) is 5.82 Å². The minimum atomic E-state index is -0.196. The Morgan fingerprint density at radius 3 is 2.68 bits per heavy atom. The molecule has 19 heavy (non-hydrogen) atoms. The fourth-order valence-corrected chi connectivity index (χ4v) is 2.01. The summed E-state index contributed by atoms with van der Waals surface area (Å²) in [6.07, 6.45) is 0. The monoisotopic (exact) mass is 268 g/mol. The summed E-state index contributed by atoms with van der Waals surface area (Å²) in [6, 6.07) is 0.189. The number of nitrogens with one attached hydrogen (secondary N) is 1. The SMILES string of the molecule is CC(c1noc(COC(C)(C)C)n1)N1CCNCC1. The van der Waals surface area contributed by atoms with Crippen LogP contribution in [0.4, 0.5) is 0 Å². The highest BCUT2D eigenvalue weighted by Crippen LogP contribution is 2.18. The Morgan fingerprint density at radius 1 is 1.37 bits per heavy atom. The Bertz CT molecular complexity index is 394. The molecule has 1 aliphatic rings. The molecule has 1 aromatic rings. The van der Waals surface area contributed by atoms with E-state index in [9.17, 15) is 0 Å². The molecule has 108 valence electrons. The minimum Gasteiger partial charge on any atom is -0.366 e. The molecule has 0 bridgehead atoms. The smallest absolute Gasteiger partial charge is 0.252 e. The van der Waals surface area contributed by atoms with E-state index in [0.717, 1.165) is 32.0 Å². The number of aromatic nitrogens is 2. The lowest BCUT2D eigenvalue weighted by Gasteiger charge is -2.30. The van der Waals surface area contributed by atoms with Crippen LogP contribution in [0.1, 0.15) is 45.5 Å². The second-order valence-electron chi connectivity index (χ2n) is 5.91. The lowest BCUT2D eigenvalue weighted by molar-refractivity contribution is -0.0260. The van der Waals surface area contributed by atoms with Gasteiger partial charge in [0, 0.05) is 26.2 Å². The summed E-state index contributed by atoms with van der Waals surface area (Å²) in [5, 5.41) is 7.40. The van der Waals surface area contributed by atoms with Crippen LogP contribution < -0.4 is 5.32 Å². The molecule has 1 atom stereocenters. The molecule has 0 aliphatic carbocycles. The second-order valence-corrected chi connectivity index (χ2v) is 5.91. The lowest BCUT2D eigenvalue weighted by Crippen LogP contribution is -2.44. The van der Waals surface area contributed by atoms with E-state index in [1.54, 1.807) is 0 Å². The van der Waals surface area contributed by atoms with Crippen molar-refractivity contribution in [3.63, 3.8) is 0 Å². The Hall–Kier alpha value is -0.980. The average Bonchev–Trinajstić information content (AvgIpc) is 2.84. The number of piperazine rings is 1. The number of hydrogen-bond donors (Lipinski definition) is 1. The summed E-state index contributed by atoms with van der Waals surface area (Å²) in [5.41, 5.74) is -0.196. The van der Waals surface area contributed by atoms with Gasteiger partial charge in [0.25, 0.3) is 5.89 Å². The molecular weight excluding hydrogens is 244 g/mol. The average molecular weight is 268 g/mol. The largest absolute Gasteiger partial charge is 0.366 e. The molecule has 0 radical (unpaired) electrons. The lowest BCUT2D eigenvalue weighted by atomic mass is 10.2. The maximum atomic E-state index is 5.63. The van der Waals surface area contributed by atoms with Crippen molar-refractivity contribution in [1.29, 1.82) is 0 Å². The van der Waals surface area contributed by atoms with E-state index in [1.165, 1.54) is 0 Å². The molecular formula is C13H24N4O2. The van der Waals surface area contributed by atoms with E-state index in [-0.39, 0.29) is 11.6 Å². The fourth-order valence-electron chi connectivity index (χ4n) is 2.01. The van der Waals surface area contributed by atoms with Crippen LogP contribution in [-0.2, 0) is 11.3 Å². The van der Waals surface area contributed by atoms with Gasteiger partial charge in [-0.1, -0.05) is 5.16 Å². The van der Waals surface area contributed by atoms with Crippen molar-refractivity contribution in [3.05, 3.63) is 11.7 Å². The van der Waals surface area contributed by atoms with Crippen molar-refractivity contribution in [2.75, 3.05) is 26.2 Å². The molecule has 1 aliphatic heterocycles. The number of nitrogens with zero attached hydrogens (tertiary/aromatic N) is 3. The van der Waals surface area contributed by atoms with Crippen molar-refractivity contribution >= 4 is 0 Å².